The van der Waals surface area contributed by atoms with E-state index in [1.165, 1.54) is 6.92 Å². The van der Waals surface area contributed by atoms with Crippen LogP contribution in [0.15, 0.2) is 24.3 Å². The molecule has 0 radical (unpaired) electrons. The molecule has 1 aromatic rings. The van der Waals surface area contributed by atoms with Crippen LogP contribution in [0.4, 0.5) is 0 Å². The van der Waals surface area contributed by atoms with Gasteiger partial charge in [-0.15, -0.1) is 0 Å². The van der Waals surface area contributed by atoms with Crippen molar-refractivity contribution in [1.29, 1.82) is 0 Å². The molecule has 5 nitrogen and oxygen atoms in total. The second-order valence-electron chi connectivity index (χ2n) is 5.44. The lowest BCUT2D eigenvalue weighted by Crippen LogP contribution is -2.31. The fourth-order valence-electron chi connectivity index (χ4n) is 2.00. The minimum absolute atomic E-state index is 0.0139. The molecule has 0 spiro atoms. The third-order valence-electron chi connectivity index (χ3n) is 3.41. The first-order chi connectivity index (χ1) is 10.4. The summed E-state index contributed by atoms with van der Waals surface area (Å²) in [6.45, 7) is 4.55. The zero-order valence-electron chi connectivity index (χ0n) is 13.5. The normalized spacial score (nSPS) is 10.1. The minimum Gasteiger partial charge on any atom is -0.356 e. The molecule has 0 saturated heterocycles. The van der Waals surface area contributed by atoms with Gasteiger partial charge in [0.05, 0.1) is 0 Å². The maximum Gasteiger partial charge on any atom is 0.222 e. The van der Waals surface area contributed by atoms with Gasteiger partial charge in [0.2, 0.25) is 11.8 Å². The van der Waals surface area contributed by atoms with Gasteiger partial charge in [-0.25, -0.2) is 0 Å². The van der Waals surface area contributed by atoms with Gasteiger partial charge in [-0.05, 0) is 13.3 Å². The van der Waals surface area contributed by atoms with E-state index in [1.54, 1.807) is 24.1 Å². The van der Waals surface area contributed by atoms with Crippen LogP contribution in [0.5, 0.6) is 0 Å². The van der Waals surface area contributed by atoms with E-state index in [1.807, 2.05) is 19.1 Å². The summed E-state index contributed by atoms with van der Waals surface area (Å²) in [5.41, 5.74) is 1.75. The Bertz CT molecular complexity index is 523. The average molecular weight is 304 g/mol. The predicted octanol–water partition coefficient (Wildman–Crippen LogP) is 1.94. The maximum absolute atomic E-state index is 12.0. The minimum atomic E-state index is -0.0716. The van der Waals surface area contributed by atoms with E-state index in [0.29, 0.717) is 25.1 Å². The van der Waals surface area contributed by atoms with Crippen molar-refractivity contribution in [1.82, 2.24) is 10.2 Å². The van der Waals surface area contributed by atoms with Gasteiger partial charge in [0.1, 0.15) is 0 Å². The summed E-state index contributed by atoms with van der Waals surface area (Å²) in [4.78, 5) is 36.3. The highest BCUT2D eigenvalue weighted by atomic mass is 16.2. The lowest BCUT2D eigenvalue weighted by Gasteiger charge is -2.17. The van der Waals surface area contributed by atoms with Gasteiger partial charge in [-0.2, -0.15) is 0 Å². The molecule has 0 unspecified atom stereocenters. The standard InChI is InChI=1S/C17H24N2O3/c1-13-5-7-15(8-6-13)16(21)9-10-17(22)19(3)12-4-11-18-14(2)20/h5-8H,4,9-12H2,1-3H3,(H,18,20). The van der Waals surface area contributed by atoms with Crippen molar-refractivity contribution in [2.45, 2.75) is 33.1 Å². The van der Waals surface area contributed by atoms with Crippen LogP contribution in [-0.4, -0.2) is 42.6 Å². The van der Waals surface area contributed by atoms with Gasteiger partial charge < -0.3 is 10.2 Å². The Morgan fingerprint density at radius 1 is 1.09 bits per heavy atom. The number of ketones is 1. The second kappa shape index (κ2) is 8.97. The topological polar surface area (TPSA) is 66.5 Å². The quantitative estimate of drug-likeness (QED) is 0.589. The van der Waals surface area contributed by atoms with Crippen LogP contribution in [0.1, 0.15) is 42.1 Å². The van der Waals surface area contributed by atoms with Crippen LogP contribution in [-0.2, 0) is 9.59 Å². The zero-order chi connectivity index (χ0) is 16.5. The Morgan fingerprint density at radius 2 is 1.73 bits per heavy atom. The largest absolute Gasteiger partial charge is 0.356 e. The summed E-state index contributed by atoms with van der Waals surface area (Å²) in [7, 11) is 1.71. The summed E-state index contributed by atoms with van der Waals surface area (Å²) >= 11 is 0. The molecule has 0 aromatic heterocycles. The molecular weight excluding hydrogens is 280 g/mol. The third-order valence-corrected chi connectivity index (χ3v) is 3.41. The SMILES string of the molecule is CC(=O)NCCCN(C)C(=O)CCC(=O)c1ccc(C)cc1. The molecule has 1 rings (SSSR count). The van der Waals surface area contributed by atoms with Crippen molar-refractivity contribution in [2.24, 2.45) is 0 Å². The molecule has 2 amide bonds. The van der Waals surface area contributed by atoms with Crippen molar-refractivity contribution in [3.63, 3.8) is 0 Å². The Balaban J connectivity index is 2.30. The molecule has 22 heavy (non-hydrogen) atoms. The van der Waals surface area contributed by atoms with E-state index in [2.05, 4.69) is 5.32 Å². The molecule has 0 fully saturated rings. The first kappa shape index (κ1) is 17.9. The van der Waals surface area contributed by atoms with Gasteiger partial charge >= 0.3 is 0 Å². The highest BCUT2D eigenvalue weighted by molar-refractivity contribution is 5.97. The van der Waals surface area contributed by atoms with Gasteiger partial charge in [0, 0.05) is 45.5 Å². The van der Waals surface area contributed by atoms with Gasteiger partial charge in [0.15, 0.2) is 5.78 Å². The number of carbonyl (C=O) groups is 3. The van der Waals surface area contributed by atoms with Crippen LogP contribution >= 0.6 is 0 Å². The smallest absolute Gasteiger partial charge is 0.222 e. The third kappa shape index (κ3) is 6.52. The Labute approximate surface area is 131 Å². The molecule has 0 saturated carbocycles. The molecule has 1 aromatic carbocycles. The summed E-state index contributed by atoms with van der Waals surface area (Å²) < 4.78 is 0. The zero-order valence-corrected chi connectivity index (χ0v) is 13.5. The lowest BCUT2D eigenvalue weighted by atomic mass is 10.0. The molecule has 120 valence electrons. The van der Waals surface area contributed by atoms with E-state index in [-0.39, 0.29) is 30.4 Å². The lowest BCUT2D eigenvalue weighted by molar-refractivity contribution is -0.129. The maximum atomic E-state index is 12.0. The Morgan fingerprint density at radius 3 is 2.32 bits per heavy atom. The van der Waals surface area contributed by atoms with E-state index in [4.69, 9.17) is 0 Å². The fraction of sp³-hybridized carbons (Fsp3) is 0.471. The number of Topliss-reactive ketones (excluding diaryl/α,β-unsaturated/α-hetero) is 1. The van der Waals surface area contributed by atoms with Gasteiger partial charge in [-0.1, -0.05) is 29.8 Å². The van der Waals surface area contributed by atoms with Crippen LogP contribution < -0.4 is 5.32 Å². The van der Waals surface area contributed by atoms with Crippen molar-refractivity contribution < 1.29 is 14.4 Å². The number of nitrogens with one attached hydrogen (secondary N) is 1. The van der Waals surface area contributed by atoms with Crippen LogP contribution in [0, 0.1) is 6.92 Å². The molecule has 0 heterocycles. The number of benzene rings is 1. The summed E-state index contributed by atoms with van der Waals surface area (Å²) in [6.07, 6.45) is 1.13. The number of nitrogens with zero attached hydrogens (tertiary/aromatic N) is 1. The number of carbonyl (C=O) groups excluding carboxylic acids is 3. The number of aryl methyl sites for hydroxylation is 1. The van der Waals surface area contributed by atoms with E-state index in [9.17, 15) is 14.4 Å². The van der Waals surface area contributed by atoms with Crippen molar-refractivity contribution >= 4 is 17.6 Å². The van der Waals surface area contributed by atoms with E-state index in [0.717, 1.165) is 5.56 Å². The second-order valence-corrected chi connectivity index (χ2v) is 5.44. The molecule has 1 N–H and O–H groups in total. The summed E-state index contributed by atoms with van der Waals surface area (Å²) in [6, 6.07) is 7.37. The highest BCUT2D eigenvalue weighted by Gasteiger charge is 2.12. The summed E-state index contributed by atoms with van der Waals surface area (Å²) in [5.74, 6) is -0.138. The Hall–Kier alpha value is -2.17. The van der Waals surface area contributed by atoms with E-state index >= 15 is 0 Å². The van der Waals surface area contributed by atoms with Crippen LogP contribution in [0.3, 0.4) is 0 Å². The first-order valence-electron chi connectivity index (χ1n) is 7.48. The summed E-state index contributed by atoms with van der Waals surface area (Å²) in [5, 5.41) is 2.69. The van der Waals surface area contributed by atoms with Crippen molar-refractivity contribution in [3.05, 3.63) is 35.4 Å². The molecule has 0 bridgehead atoms. The van der Waals surface area contributed by atoms with Crippen molar-refractivity contribution in [2.75, 3.05) is 20.1 Å². The van der Waals surface area contributed by atoms with E-state index < -0.39 is 0 Å². The highest BCUT2D eigenvalue weighted by Crippen LogP contribution is 2.08. The van der Waals surface area contributed by atoms with Gasteiger partial charge in [-0.3, -0.25) is 14.4 Å². The Kier molecular flexibility index (Phi) is 7.29. The first-order valence-corrected chi connectivity index (χ1v) is 7.48. The average Bonchev–Trinajstić information content (AvgIpc) is 2.49. The number of rotatable bonds is 8. The number of hydrogen-bond acceptors (Lipinski definition) is 3. The molecule has 0 aliphatic heterocycles. The number of hydrogen-bond donors (Lipinski definition) is 1. The van der Waals surface area contributed by atoms with Crippen molar-refractivity contribution in [3.8, 4) is 0 Å². The van der Waals surface area contributed by atoms with Gasteiger partial charge in [0.25, 0.3) is 0 Å². The van der Waals surface area contributed by atoms with Crippen LogP contribution in [0.2, 0.25) is 0 Å². The monoisotopic (exact) mass is 304 g/mol. The fourth-order valence-corrected chi connectivity index (χ4v) is 2.00. The molecule has 0 aliphatic carbocycles. The molecular formula is C17H24N2O3. The molecule has 0 atom stereocenters. The van der Waals surface area contributed by atoms with Crippen LogP contribution in [0.25, 0.3) is 0 Å². The molecule has 5 heteroatoms. The molecule has 0 aliphatic rings. The number of amides is 2. The predicted molar refractivity (Wildman–Crippen MR) is 85.7 cm³/mol.